The Hall–Kier alpha value is -1.99. The third-order valence-corrected chi connectivity index (χ3v) is 4.20. The Bertz CT molecular complexity index is 540. The molecule has 2 rings (SSSR count). The number of hydrogen-bond acceptors (Lipinski definition) is 6. The van der Waals surface area contributed by atoms with Crippen molar-refractivity contribution in [3.05, 3.63) is 17.7 Å². The molecular formula is C17H27N3O4. The van der Waals surface area contributed by atoms with Crippen molar-refractivity contribution in [2.45, 2.75) is 19.5 Å². The van der Waals surface area contributed by atoms with Gasteiger partial charge in [-0.25, -0.2) is 0 Å². The van der Waals surface area contributed by atoms with Crippen molar-refractivity contribution < 1.29 is 19.0 Å². The molecule has 1 saturated heterocycles. The van der Waals surface area contributed by atoms with Crippen LogP contribution in [0.5, 0.6) is 17.2 Å². The van der Waals surface area contributed by atoms with Gasteiger partial charge in [-0.3, -0.25) is 9.69 Å². The molecule has 7 heteroatoms. The molecule has 0 unspecified atom stereocenters. The van der Waals surface area contributed by atoms with Gasteiger partial charge in [0.2, 0.25) is 11.7 Å². The van der Waals surface area contributed by atoms with Gasteiger partial charge in [-0.05, 0) is 24.6 Å². The molecule has 0 aromatic heterocycles. The lowest BCUT2D eigenvalue weighted by atomic mass is 10.1. The average molecular weight is 337 g/mol. The zero-order valence-corrected chi connectivity index (χ0v) is 14.8. The fourth-order valence-corrected chi connectivity index (χ4v) is 2.80. The highest BCUT2D eigenvalue weighted by atomic mass is 16.5. The molecule has 0 aliphatic carbocycles. The van der Waals surface area contributed by atoms with E-state index in [1.165, 1.54) is 0 Å². The number of ether oxygens (including phenoxy) is 3. The zero-order chi connectivity index (χ0) is 17.5. The predicted octanol–water partition coefficient (Wildman–Crippen LogP) is 0.622. The molecule has 1 aromatic carbocycles. The molecule has 134 valence electrons. The summed E-state index contributed by atoms with van der Waals surface area (Å²) in [6.07, 6.45) is 0. The Kier molecular flexibility index (Phi) is 6.69. The van der Waals surface area contributed by atoms with Crippen molar-refractivity contribution in [2.24, 2.45) is 0 Å². The summed E-state index contributed by atoms with van der Waals surface area (Å²) in [7, 11) is 4.72. The van der Waals surface area contributed by atoms with Gasteiger partial charge >= 0.3 is 0 Å². The molecule has 1 aliphatic rings. The molecule has 0 radical (unpaired) electrons. The van der Waals surface area contributed by atoms with Crippen LogP contribution in [0, 0.1) is 0 Å². The second-order valence-corrected chi connectivity index (χ2v) is 5.83. The van der Waals surface area contributed by atoms with E-state index in [0.717, 1.165) is 25.2 Å². The number of benzene rings is 1. The molecule has 1 heterocycles. The van der Waals surface area contributed by atoms with Gasteiger partial charge in [0.05, 0.1) is 27.9 Å². The molecule has 2 N–H and O–H groups in total. The molecular weight excluding hydrogens is 310 g/mol. The summed E-state index contributed by atoms with van der Waals surface area (Å²) >= 11 is 0. The van der Waals surface area contributed by atoms with Crippen LogP contribution >= 0.6 is 0 Å². The van der Waals surface area contributed by atoms with Crippen molar-refractivity contribution in [1.82, 2.24) is 15.5 Å². The molecule has 0 spiro atoms. The molecule has 7 nitrogen and oxygen atoms in total. The first kappa shape index (κ1) is 18.4. The second kappa shape index (κ2) is 8.75. The lowest BCUT2D eigenvalue weighted by Crippen LogP contribution is -2.52. The summed E-state index contributed by atoms with van der Waals surface area (Å²) < 4.78 is 16.0. The topological polar surface area (TPSA) is 72.1 Å². The predicted molar refractivity (Wildman–Crippen MR) is 91.8 cm³/mol. The number of piperazine rings is 1. The van der Waals surface area contributed by atoms with Crippen LogP contribution in [0.3, 0.4) is 0 Å². The van der Waals surface area contributed by atoms with E-state index in [-0.39, 0.29) is 5.91 Å². The van der Waals surface area contributed by atoms with E-state index in [2.05, 4.69) is 22.5 Å². The SMILES string of the molecule is COc1cc(CNC(=O)CN2CCNC[C@@H]2C)cc(OC)c1OC. The van der Waals surface area contributed by atoms with Crippen LogP contribution in [0.2, 0.25) is 0 Å². The van der Waals surface area contributed by atoms with Crippen LogP contribution in [0.15, 0.2) is 12.1 Å². The number of rotatable bonds is 7. The first-order valence-corrected chi connectivity index (χ1v) is 8.09. The molecule has 0 bridgehead atoms. The van der Waals surface area contributed by atoms with E-state index < -0.39 is 0 Å². The molecule has 1 amide bonds. The van der Waals surface area contributed by atoms with E-state index in [4.69, 9.17) is 14.2 Å². The lowest BCUT2D eigenvalue weighted by molar-refractivity contribution is -0.123. The Morgan fingerprint density at radius 3 is 2.46 bits per heavy atom. The van der Waals surface area contributed by atoms with E-state index >= 15 is 0 Å². The average Bonchev–Trinajstić information content (AvgIpc) is 2.60. The van der Waals surface area contributed by atoms with E-state index in [0.29, 0.717) is 36.4 Å². The standard InChI is InChI=1S/C17H27N3O4/c1-12-9-18-5-6-20(12)11-16(21)19-10-13-7-14(22-2)17(24-4)15(8-13)23-3/h7-8,12,18H,5-6,9-11H2,1-4H3,(H,19,21)/t12-/m0/s1. The monoisotopic (exact) mass is 337 g/mol. The van der Waals surface area contributed by atoms with Gasteiger partial charge in [-0.15, -0.1) is 0 Å². The quantitative estimate of drug-likeness (QED) is 0.760. The number of nitrogens with one attached hydrogen (secondary N) is 2. The molecule has 1 fully saturated rings. The van der Waals surface area contributed by atoms with Gasteiger partial charge in [0.1, 0.15) is 0 Å². The summed E-state index contributed by atoms with van der Waals surface area (Å²) in [6.45, 7) is 5.67. The first-order chi connectivity index (χ1) is 11.6. The highest BCUT2D eigenvalue weighted by molar-refractivity contribution is 5.78. The van der Waals surface area contributed by atoms with Gasteiger partial charge in [0, 0.05) is 32.2 Å². The summed E-state index contributed by atoms with van der Waals surface area (Å²) in [5.74, 6) is 1.72. The largest absolute Gasteiger partial charge is 0.493 e. The normalized spacial score (nSPS) is 18.1. The lowest BCUT2D eigenvalue weighted by Gasteiger charge is -2.33. The van der Waals surface area contributed by atoms with Crippen molar-refractivity contribution in [3.8, 4) is 17.2 Å². The fraction of sp³-hybridized carbons (Fsp3) is 0.588. The van der Waals surface area contributed by atoms with Crippen molar-refractivity contribution in [1.29, 1.82) is 0 Å². The third-order valence-electron chi connectivity index (χ3n) is 4.20. The minimum atomic E-state index is 0.0116. The second-order valence-electron chi connectivity index (χ2n) is 5.83. The first-order valence-electron chi connectivity index (χ1n) is 8.09. The van der Waals surface area contributed by atoms with Crippen molar-refractivity contribution in [2.75, 3.05) is 47.5 Å². The van der Waals surface area contributed by atoms with E-state index in [1.807, 2.05) is 12.1 Å². The maximum Gasteiger partial charge on any atom is 0.234 e. The molecule has 0 saturated carbocycles. The van der Waals surface area contributed by atoms with Crippen LogP contribution in [0.25, 0.3) is 0 Å². The summed E-state index contributed by atoms with van der Waals surface area (Å²) in [5, 5.41) is 6.27. The van der Waals surface area contributed by atoms with Crippen LogP contribution < -0.4 is 24.8 Å². The van der Waals surface area contributed by atoms with E-state index in [1.54, 1.807) is 21.3 Å². The van der Waals surface area contributed by atoms with Gasteiger partial charge in [0.15, 0.2) is 11.5 Å². The Balaban J connectivity index is 1.97. The zero-order valence-electron chi connectivity index (χ0n) is 14.8. The number of carbonyl (C=O) groups is 1. The van der Waals surface area contributed by atoms with Gasteiger partial charge in [0.25, 0.3) is 0 Å². The molecule has 1 aliphatic heterocycles. The van der Waals surface area contributed by atoms with Crippen LogP contribution in [0.4, 0.5) is 0 Å². The Morgan fingerprint density at radius 1 is 1.25 bits per heavy atom. The van der Waals surface area contributed by atoms with Gasteiger partial charge in [-0.2, -0.15) is 0 Å². The number of amides is 1. The Labute approximate surface area is 143 Å². The molecule has 1 aromatic rings. The van der Waals surface area contributed by atoms with Gasteiger partial charge < -0.3 is 24.8 Å². The number of nitrogens with zero attached hydrogens (tertiary/aromatic N) is 1. The van der Waals surface area contributed by atoms with Crippen molar-refractivity contribution >= 4 is 5.91 Å². The van der Waals surface area contributed by atoms with E-state index in [9.17, 15) is 4.79 Å². The number of hydrogen-bond donors (Lipinski definition) is 2. The minimum absolute atomic E-state index is 0.0116. The third kappa shape index (κ3) is 4.52. The smallest absolute Gasteiger partial charge is 0.234 e. The summed E-state index contributed by atoms with van der Waals surface area (Å²) in [4.78, 5) is 14.4. The van der Waals surface area contributed by atoms with Gasteiger partial charge in [-0.1, -0.05) is 0 Å². The molecule has 24 heavy (non-hydrogen) atoms. The highest BCUT2D eigenvalue weighted by Gasteiger charge is 2.20. The van der Waals surface area contributed by atoms with Crippen LogP contribution in [0.1, 0.15) is 12.5 Å². The Morgan fingerprint density at radius 2 is 1.92 bits per heavy atom. The molecule has 1 atom stereocenters. The maximum atomic E-state index is 12.2. The van der Waals surface area contributed by atoms with Crippen LogP contribution in [-0.2, 0) is 11.3 Å². The maximum absolute atomic E-state index is 12.2. The number of methoxy groups -OCH3 is 3. The fourth-order valence-electron chi connectivity index (χ4n) is 2.80. The summed E-state index contributed by atoms with van der Waals surface area (Å²) in [5.41, 5.74) is 0.895. The van der Waals surface area contributed by atoms with Crippen LogP contribution in [-0.4, -0.2) is 64.4 Å². The number of carbonyl (C=O) groups excluding carboxylic acids is 1. The minimum Gasteiger partial charge on any atom is -0.493 e. The summed E-state index contributed by atoms with van der Waals surface area (Å²) in [6, 6.07) is 4.05. The highest BCUT2D eigenvalue weighted by Crippen LogP contribution is 2.38. The van der Waals surface area contributed by atoms with Crippen molar-refractivity contribution in [3.63, 3.8) is 0 Å².